The molecule has 0 fully saturated rings. The fourth-order valence-electron chi connectivity index (χ4n) is 2.41. The monoisotopic (exact) mass is 377 g/mol. The van der Waals surface area contributed by atoms with E-state index in [4.69, 9.17) is 25.8 Å². The van der Waals surface area contributed by atoms with Gasteiger partial charge in [0.1, 0.15) is 0 Å². The van der Waals surface area contributed by atoms with E-state index in [1.165, 1.54) is 0 Å². The Morgan fingerprint density at radius 2 is 1.88 bits per heavy atom. The number of anilines is 1. The van der Waals surface area contributed by atoms with Crippen molar-refractivity contribution >= 4 is 23.3 Å². The van der Waals surface area contributed by atoms with Crippen LogP contribution in [0.15, 0.2) is 36.4 Å². The molecule has 0 aliphatic heterocycles. The number of hydrogen-bond donors (Lipinski definition) is 1. The minimum atomic E-state index is -0.328. The van der Waals surface area contributed by atoms with Gasteiger partial charge in [0.25, 0.3) is 0 Å². The van der Waals surface area contributed by atoms with Gasteiger partial charge in [0, 0.05) is 28.9 Å². The Bertz CT molecular complexity index is 744. The fourth-order valence-corrected chi connectivity index (χ4v) is 2.64. The van der Waals surface area contributed by atoms with Gasteiger partial charge in [-0.05, 0) is 51.1 Å². The van der Waals surface area contributed by atoms with Crippen molar-refractivity contribution in [2.75, 3.05) is 19.0 Å². The average molecular weight is 378 g/mol. The summed E-state index contributed by atoms with van der Waals surface area (Å²) in [5.41, 5.74) is 2.27. The molecule has 2 aromatic carbocycles. The third kappa shape index (κ3) is 5.30. The van der Waals surface area contributed by atoms with Gasteiger partial charge >= 0.3 is 5.97 Å². The number of nitrogens with one attached hydrogen (secondary N) is 1. The Balaban J connectivity index is 2.15. The first kappa shape index (κ1) is 19.9. The molecule has 0 aromatic heterocycles. The van der Waals surface area contributed by atoms with Crippen LogP contribution in [0.1, 0.15) is 36.7 Å². The lowest BCUT2D eigenvalue weighted by Gasteiger charge is -2.18. The summed E-state index contributed by atoms with van der Waals surface area (Å²) in [6.07, 6.45) is 0.00712. The highest BCUT2D eigenvalue weighted by atomic mass is 35.5. The molecule has 5 nitrogen and oxygen atoms in total. The SMILES string of the molecule is CCOC(=O)c1ccc(NCc2cc(Cl)cc(OC)c2OC(C)C)cc1. The molecule has 0 bridgehead atoms. The third-order valence-corrected chi connectivity index (χ3v) is 3.77. The van der Waals surface area contributed by atoms with Crippen LogP contribution < -0.4 is 14.8 Å². The van der Waals surface area contributed by atoms with Crippen LogP contribution in [0.2, 0.25) is 5.02 Å². The molecule has 2 rings (SSSR count). The van der Waals surface area contributed by atoms with E-state index in [2.05, 4.69) is 5.32 Å². The van der Waals surface area contributed by atoms with Gasteiger partial charge in [-0.1, -0.05) is 11.6 Å². The Labute approximate surface area is 159 Å². The molecule has 26 heavy (non-hydrogen) atoms. The summed E-state index contributed by atoms with van der Waals surface area (Å²) in [5, 5.41) is 3.88. The molecule has 0 atom stereocenters. The Hall–Kier alpha value is -2.40. The van der Waals surface area contributed by atoms with Gasteiger partial charge in [-0.3, -0.25) is 0 Å². The highest BCUT2D eigenvalue weighted by molar-refractivity contribution is 6.30. The zero-order valence-corrected chi connectivity index (χ0v) is 16.2. The first-order valence-corrected chi connectivity index (χ1v) is 8.86. The summed E-state index contributed by atoms with van der Waals surface area (Å²) in [7, 11) is 1.59. The molecule has 0 radical (unpaired) electrons. The molecule has 0 heterocycles. The lowest BCUT2D eigenvalue weighted by molar-refractivity contribution is 0.0526. The van der Waals surface area contributed by atoms with Gasteiger partial charge in [0.15, 0.2) is 11.5 Å². The van der Waals surface area contributed by atoms with Gasteiger partial charge in [0.05, 0.1) is 25.4 Å². The summed E-state index contributed by atoms with van der Waals surface area (Å²) < 4.78 is 16.3. The number of halogens is 1. The van der Waals surface area contributed by atoms with E-state index in [1.807, 2.05) is 32.0 Å². The highest BCUT2D eigenvalue weighted by Gasteiger charge is 2.14. The second-order valence-corrected chi connectivity index (χ2v) is 6.35. The molecule has 2 aromatic rings. The largest absolute Gasteiger partial charge is 0.493 e. The summed E-state index contributed by atoms with van der Waals surface area (Å²) in [4.78, 5) is 11.7. The minimum absolute atomic E-state index is 0.00712. The predicted molar refractivity (Wildman–Crippen MR) is 103 cm³/mol. The lowest BCUT2D eigenvalue weighted by atomic mass is 10.1. The molecule has 1 N–H and O–H groups in total. The van der Waals surface area contributed by atoms with Crippen molar-refractivity contribution in [3.8, 4) is 11.5 Å². The molecule has 0 saturated heterocycles. The number of benzene rings is 2. The summed E-state index contributed by atoms with van der Waals surface area (Å²) >= 11 is 6.19. The second-order valence-electron chi connectivity index (χ2n) is 5.91. The van der Waals surface area contributed by atoms with E-state index in [0.29, 0.717) is 35.2 Å². The number of hydrogen-bond acceptors (Lipinski definition) is 5. The smallest absolute Gasteiger partial charge is 0.338 e. The number of esters is 1. The van der Waals surface area contributed by atoms with Crippen molar-refractivity contribution in [2.24, 2.45) is 0 Å². The Kier molecular flexibility index (Phi) is 7.16. The summed E-state index contributed by atoms with van der Waals surface area (Å²) in [6.45, 7) is 6.55. The number of carbonyl (C=O) groups excluding carboxylic acids is 1. The van der Waals surface area contributed by atoms with Crippen LogP contribution in [0.5, 0.6) is 11.5 Å². The normalized spacial score (nSPS) is 10.5. The standard InChI is InChI=1S/C20H24ClNO4/c1-5-25-20(23)14-6-8-17(9-7-14)22-12-15-10-16(21)11-18(24-4)19(15)26-13(2)3/h6-11,13,22H,5,12H2,1-4H3. The molecule has 0 saturated carbocycles. The van der Waals surface area contributed by atoms with E-state index < -0.39 is 0 Å². The second kappa shape index (κ2) is 9.34. The van der Waals surface area contributed by atoms with Crippen LogP contribution in [-0.4, -0.2) is 25.8 Å². The number of methoxy groups -OCH3 is 1. The predicted octanol–water partition coefficient (Wildman–Crippen LogP) is 4.92. The maximum Gasteiger partial charge on any atom is 0.338 e. The van der Waals surface area contributed by atoms with Crippen LogP contribution in [0, 0.1) is 0 Å². The van der Waals surface area contributed by atoms with E-state index >= 15 is 0 Å². The van der Waals surface area contributed by atoms with Crippen molar-refractivity contribution in [1.82, 2.24) is 0 Å². The third-order valence-electron chi connectivity index (χ3n) is 3.55. The van der Waals surface area contributed by atoms with Gasteiger partial charge in [-0.2, -0.15) is 0 Å². The quantitative estimate of drug-likeness (QED) is 0.661. The zero-order chi connectivity index (χ0) is 19.1. The number of ether oxygens (including phenoxy) is 3. The Morgan fingerprint density at radius 3 is 2.46 bits per heavy atom. The van der Waals surface area contributed by atoms with E-state index in [-0.39, 0.29) is 12.1 Å². The molecule has 140 valence electrons. The average Bonchev–Trinajstić information content (AvgIpc) is 2.61. The van der Waals surface area contributed by atoms with E-state index in [9.17, 15) is 4.79 Å². The lowest BCUT2D eigenvalue weighted by Crippen LogP contribution is -2.11. The topological polar surface area (TPSA) is 56.8 Å². The van der Waals surface area contributed by atoms with E-state index in [0.717, 1.165) is 11.3 Å². The molecular formula is C20H24ClNO4. The van der Waals surface area contributed by atoms with Crippen LogP contribution in [0.4, 0.5) is 5.69 Å². The van der Waals surface area contributed by atoms with Crippen molar-refractivity contribution in [1.29, 1.82) is 0 Å². The minimum Gasteiger partial charge on any atom is -0.493 e. The van der Waals surface area contributed by atoms with Crippen molar-refractivity contribution < 1.29 is 19.0 Å². The molecule has 0 spiro atoms. The maximum absolute atomic E-state index is 11.7. The van der Waals surface area contributed by atoms with E-state index in [1.54, 1.807) is 32.2 Å². The van der Waals surface area contributed by atoms with Gasteiger partial charge < -0.3 is 19.5 Å². The van der Waals surface area contributed by atoms with Crippen molar-refractivity contribution in [3.63, 3.8) is 0 Å². The van der Waals surface area contributed by atoms with Crippen LogP contribution in [0.25, 0.3) is 0 Å². The molecule has 0 unspecified atom stereocenters. The fraction of sp³-hybridized carbons (Fsp3) is 0.350. The van der Waals surface area contributed by atoms with Gasteiger partial charge in [0.2, 0.25) is 0 Å². The first-order chi connectivity index (χ1) is 12.4. The molecular weight excluding hydrogens is 354 g/mol. The van der Waals surface area contributed by atoms with Crippen molar-refractivity contribution in [3.05, 3.63) is 52.5 Å². The van der Waals surface area contributed by atoms with Gasteiger partial charge in [-0.15, -0.1) is 0 Å². The summed E-state index contributed by atoms with van der Waals surface area (Å²) in [6, 6.07) is 10.7. The first-order valence-electron chi connectivity index (χ1n) is 8.48. The zero-order valence-electron chi connectivity index (χ0n) is 15.5. The molecule has 0 amide bonds. The molecule has 6 heteroatoms. The van der Waals surface area contributed by atoms with Crippen LogP contribution in [-0.2, 0) is 11.3 Å². The number of carbonyl (C=O) groups is 1. The highest BCUT2D eigenvalue weighted by Crippen LogP contribution is 2.36. The van der Waals surface area contributed by atoms with Gasteiger partial charge in [-0.25, -0.2) is 4.79 Å². The maximum atomic E-state index is 11.7. The summed E-state index contributed by atoms with van der Waals surface area (Å²) in [5.74, 6) is 0.939. The number of rotatable bonds is 8. The molecule has 0 aliphatic rings. The Morgan fingerprint density at radius 1 is 1.19 bits per heavy atom. The van der Waals surface area contributed by atoms with Crippen LogP contribution in [0.3, 0.4) is 0 Å². The van der Waals surface area contributed by atoms with Crippen LogP contribution >= 0.6 is 11.6 Å². The van der Waals surface area contributed by atoms with Crippen molar-refractivity contribution in [2.45, 2.75) is 33.4 Å². The molecule has 0 aliphatic carbocycles.